The summed E-state index contributed by atoms with van der Waals surface area (Å²) in [4.78, 5) is 21.8. The molecule has 0 aliphatic rings. The molecule has 0 unspecified atom stereocenters. The SMILES string of the molecule is COc1ccc(C=CC(=O)O)c(Cn2ccc(=O)cc2)c1. The average Bonchev–Trinajstić information content (AvgIpc) is 2.48. The van der Waals surface area contributed by atoms with Gasteiger partial charge in [0, 0.05) is 37.1 Å². The number of nitrogens with zero attached hydrogens (tertiary/aromatic N) is 1. The summed E-state index contributed by atoms with van der Waals surface area (Å²) in [6.45, 7) is 0.511. The molecule has 2 rings (SSSR count). The Morgan fingerprint density at radius 2 is 2.00 bits per heavy atom. The van der Waals surface area contributed by atoms with Gasteiger partial charge in [0.2, 0.25) is 0 Å². The van der Waals surface area contributed by atoms with Crippen molar-refractivity contribution in [3.63, 3.8) is 0 Å². The summed E-state index contributed by atoms with van der Waals surface area (Å²) in [5.74, 6) is -0.307. The van der Waals surface area contributed by atoms with Crippen molar-refractivity contribution >= 4 is 12.0 Å². The fourth-order valence-corrected chi connectivity index (χ4v) is 1.92. The van der Waals surface area contributed by atoms with Gasteiger partial charge in [-0.2, -0.15) is 0 Å². The summed E-state index contributed by atoms with van der Waals surface area (Å²) in [7, 11) is 1.57. The van der Waals surface area contributed by atoms with E-state index in [4.69, 9.17) is 9.84 Å². The lowest BCUT2D eigenvalue weighted by Gasteiger charge is -2.11. The number of methoxy groups -OCH3 is 1. The molecule has 1 aromatic heterocycles. The van der Waals surface area contributed by atoms with Gasteiger partial charge in [0.1, 0.15) is 5.75 Å². The Labute approximate surface area is 121 Å². The predicted octanol–water partition coefficient (Wildman–Crippen LogP) is 2.00. The molecule has 108 valence electrons. The van der Waals surface area contributed by atoms with E-state index in [1.54, 1.807) is 37.7 Å². The van der Waals surface area contributed by atoms with Crippen LogP contribution in [0.25, 0.3) is 6.08 Å². The van der Waals surface area contributed by atoms with Gasteiger partial charge in [-0.3, -0.25) is 4.79 Å². The third-order valence-electron chi connectivity index (χ3n) is 2.97. The van der Waals surface area contributed by atoms with E-state index in [1.807, 2.05) is 10.6 Å². The molecule has 5 heteroatoms. The number of ether oxygens (including phenoxy) is 1. The minimum atomic E-state index is -1.000. The number of carboxylic acids is 1. The van der Waals surface area contributed by atoms with Gasteiger partial charge in [0.05, 0.1) is 7.11 Å². The zero-order valence-electron chi connectivity index (χ0n) is 11.5. The highest BCUT2D eigenvalue weighted by Crippen LogP contribution is 2.20. The second-order valence-electron chi connectivity index (χ2n) is 4.44. The average molecular weight is 285 g/mol. The van der Waals surface area contributed by atoms with Crippen LogP contribution in [0.3, 0.4) is 0 Å². The molecule has 0 fully saturated rings. The Hall–Kier alpha value is -2.82. The third kappa shape index (κ3) is 4.07. The molecule has 0 radical (unpaired) electrons. The number of rotatable bonds is 5. The quantitative estimate of drug-likeness (QED) is 0.853. The molecule has 0 amide bonds. The molecule has 1 aromatic carbocycles. The lowest BCUT2D eigenvalue weighted by atomic mass is 10.1. The molecule has 5 nitrogen and oxygen atoms in total. The van der Waals surface area contributed by atoms with E-state index in [9.17, 15) is 9.59 Å². The van der Waals surface area contributed by atoms with Crippen LogP contribution in [-0.2, 0) is 11.3 Å². The van der Waals surface area contributed by atoms with Crippen LogP contribution in [0.2, 0.25) is 0 Å². The summed E-state index contributed by atoms with van der Waals surface area (Å²) in [6.07, 6.45) is 6.01. The summed E-state index contributed by atoms with van der Waals surface area (Å²) >= 11 is 0. The van der Waals surface area contributed by atoms with Crippen molar-refractivity contribution in [3.8, 4) is 5.75 Å². The van der Waals surface area contributed by atoms with Crippen LogP contribution in [0.5, 0.6) is 5.75 Å². The molecule has 21 heavy (non-hydrogen) atoms. The Bertz CT molecular complexity index is 711. The lowest BCUT2D eigenvalue weighted by Crippen LogP contribution is -2.06. The summed E-state index contributed by atoms with van der Waals surface area (Å²) in [6, 6.07) is 8.38. The molecule has 0 aliphatic heterocycles. The minimum absolute atomic E-state index is 0.0529. The molecule has 0 atom stereocenters. The van der Waals surface area contributed by atoms with E-state index in [0.717, 1.165) is 17.2 Å². The van der Waals surface area contributed by atoms with Gasteiger partial charge in [-0.05, 0) is 29.3 Å². The molecule has 1 heterocycles. The maximum absolute atomic E-state index is 11.1. The molecular weight excluding hydrogens is 270 g/mol. The van der Waals surface area contributed by atoms with Crippen molar-refractivity contribution in [2.45, 2.75) is 6.54 Å². The number of carbonyl (C=O) groups is 1. The Balaban J connectivity index is 2.36. The third-order valence-corrected chi connectivity index (χ3v) is 2.97. The van der Waals surface area contributed by atoms with E-state index < -0.39 is 5.97 Å². The molecule has 0 saturated heterocycles. The molecule has 0 aliphatic carbocycles. The highest BCUT2D eigenvalue weighted by Gasteiger charge is 2.04. The number of hydrogen-bond acceptors (Lipinski definition) is 3. The molecule has 2 aromatic rings. The van der Waals surface area contributed by atoms with Crippen molar-refractivity contribution in [1.29, 1.82) is 0 Å². The Kier molecular flexibility index (Phi) is 4.56. The molecule has 1 N–H and O–H groups in total. The van der Waals surface area contributed by atoms with Crippen LogP contribution in [0.15, 0.2) is 53.6 Å². The fourth-order valence-electron chi connectivity index (χ4n) is 1.92. The molecule has 0 spiro atoms. The maximum atomic E-state index is 11.1. The van der Waals surface area contributed by atoms with E-state index >= 15 is 0 Å². The Morgan fingerprint density at radius 1 is 1.29 bits per heavy atom. The number of aromatic nitrogens is 1. The lowest BCUT2D eigenvalue weighted by molar-refractivity contribution is -0.131. The molecular formula is C16H15NO4. The first-order valence-corrected chi connectivity index (χ1v) is 6.32. The first-order chi connectivity index (χ1) is 10.1. The second-order valence-corrected chi connectivity index (χ2v) is 4.44. The normalized spacial score (nSPS) is 10.7. The molecule has 0 bridgehead atoms. The zero-order valence-corrected chi connectivity index (χ0v) is 11.5. The van der Waals surface area contributed by atoms with Gasteiger partial charge in [-0.15, -0.1) is 0 Å². The van der Waals surface area contributed by atoms with Gasteiger partial charge >= 0.3 is 5.97 Å². The fraction of sp³-hybridized carbons (Fsp3) is 0.125. The molecule has 0 saturated carbocycles. The number of carboxylic acid groups (broad SMARTS) is 1. The topological polar surface area (TPSA) is 68.5 Å². The van der Waals surface area contributed by atoms with Crippen LogP contribution in [-0.4, -0.2) is 22.8 Å². The van der Waals surface area contributed by atoms with Crippen molar-refractivity contribution in [1.82, 2.24) is 4.57 Å². The zero-order chi connectivity index (χ0) is 15.2. The van der Waals surface area contributed by atoms with Crippen LogP contribution >= 0.6 is 0 Å². The first-order valence-electron chi connectivity index (χ1n) is 6.32. The first kappa shape index (κ1) is 14.6. The van der Waals surface area contributed by atoms with Gasteiger partial charge in [0.25, 0.3) is 0 Å². The predicted molar refractivity (Wildman–Crippen MR) is 79.5 cm³/mol. The van der Waals surface area contributed by atoms with Crippen molar-refractivity contribution in [2.75, 3.05) is 7.11 Å². The van der Waals surface area contributed by atoms with Crippen LogP contribution in [0, 0.1) is 0 Å². The van der Waals surface area contributed by atoms with E-state index in [-0.39, 0.29) is 5.43 Å². The standard InChI is InChI=1S/C16H15NO4/c1-21-15-4-2-12(3-5-16(19)20)13(10-15)11-17-8-6-14(18)7-9-17/h2-10H,11H2,1H3,(H,19,20). The largest absolute Gasteiger partial charge is 0.497 e. The van der Waals surface area contributed by atoms with Gasteiger partial charge < -0.3 is 14.4 Å². The highest BCUT2D eigenvalue weighted by molar-refractivity contribution is 5.85. The van der Waals surface area contributed by atoms with E-state index in [0.29, 0.717) is 12.3 Å². The smallest absolute Gasteiger partial charge is 0.328 e. The van der Waals surface area contributed by atoms with E-state index in [1.165, 1.54) is 12.1 Å². The van der Waals surface area contributed by atoms with Gasteiger partial charge in [-0.1, -0.05) is 6.07 Å². The number of pyridine rings is 1. The van der Waals surface area contributed by atoms with Crippen LogP contribution in [0.4, 0.5) is 0 Å². The summed E-state index contributed by atoms with van der Waals surface area (Å²) < 4.78 is 7.03. The monoisotopic (exact) mass is 285 g/mol. The van der Waals surface area contributed by atoms with Gasteiger partial charge in [0.15, 0.2) is 5.43 Å². The minimum Gasteiger partial charge on any atom is -0.497 e. The van der Waals surface area contributed by atoms with Crippen LogP contribution < -0.4 is 10.2 Å². The summed E-state index contributed by atoms with van der Waals surface area (Å²) in [5.41, 5.74) is 1.63. The van der Waals surface area contributed by atoms with Gasteiger partial charge in [-0.25, -0.2) is 4.79 Å². The highest BCUT2D eigenvalue weighted by atomic mass is 16.5. The summed E-state index contributed by atoms with van der Waals surface area (Å²) in [5, 5.41) is 8.74. The van der Waals surface area contributed by atoms with Crippen LogP contribution in [0.1, 0.15) is 11.1 Å². The van der Waals surface area contributed by atoms with Crippen molar-refractivity contribution in [2.24, 2.45) is 0 Å². The number of benzene rings is 1. The number of aliphatic carboxylic acids is 1. The second kappa shape index (κ2) is 6.56. The Morgan fingerprint density at radius 3 is 2.62 bits per heavy atom. The maximum Gasteiger partial charge on any atom is 0.328 e. The van der Waals surface area contributed by atoms with E-state index in [2.05, 4.69) is 0 Å². The number of hydrogen-bond donors (Lipinski definition) is 1. The van der Waals surface area contributed by atoms with Crippen molar-refractivity contribution < 1.29 is 14.6 Å². The van der Waals surface area contributed by atoms with Crippen molar-refractivity contribution in [3.05, 3.63) is 70.2 Å².